The van der Waals surface area contributed by atoms with E-state index in [1.54, 1.807) is 18.4 Å². The maximum atomic E-state index is 6.11. The Labute approximate surface area is 133 Å². The molecular weight excluding hydrogens is 308 g/mol. The van der Waals surface area contributed by atoms with Gasteiger partial charge >= 0.3 is 0 Å². The Morgan fingerprint density at radius 3 is 3.19 bits per heavy atom. The first-order valence-electron chi connectivity index (χ1n) is 6.79. The van der Waals surface area contributed by atoms with Crippen LogP contribution in [0.5, 0.6) is 5.75 Å². The molecule has 1 aromatic heterocycles. The van der Waals surface area contributed by atoms with Crippen LogP contribution in [0.3, 0.4) is 0 Å². The van der Waals surface area contributed by atoms with Crippen LogP contribution in [-0.2, 0) is 17.9 Å². The minimum Gasteiger partial charge on any atom is -0.487 e. The second kappa shape index (κ2) is 6.22. The molecule has 0 N–H and O–H groups in total. The fraction of sp³-hybridized carbons (Fsp3) is 0.400. The van der Waals surface area contributed by atoms with Gasteiger partial charge in [0.25, 0.3) is 0 Å². The summed E-state index contributed by atoms with van der Waals surface area (Å²) in [5.41, 5.74) is 2.08. The van der Waals surface area contributed by atoms with Crippen LogP contribution in [0.15, 0.2) is 23.6 Å². The Morgan fingerprint density at radius 2 is 2.38 bits per heavy atom. The topological polar surface area (TPSA) is 34.6 Å². The SMILES string of the molecule is COCc1nc(CN2C[C@H](C)Oc3ccc(Cl)cc32)cs1. The maximum absolute atomic E-state index is 6.11. The van der Waals surface area contributed by atoms with Crippen LogP contribution in [0, 0.1) is 0 Å². The highest BCUT2D eigenvalue weighted by Crippen LogP contribution is 2.36. The van der Waals surface area contributed by atoms with E-state index in [0.29, 0.717) is 6.61 Å². The first-order chi connectivity index (χ1) is 10.2. The van der Waals surface area contributed by atoms with Crippen LogP contribution >= 0.6 is 22.9 Å². The number of hydrogen-bond donors (Lipinski definition) is 0. The number of benzene rings is 1. The predicted octanol–water partition coefficient (Wildman–Crippen LogP) is 3.73. The molecule has 112 valence electrons. The zero-order chi connectivity index (χ0) is 14.8. The molecule has 1 aliphatic heterocycles. The maximum Gasteiger partial charge on any atom is 0.143 e. The van der Waals surface area contributed by atoms with Gasteiger partial charge in [-0.1, -0.05) is 11.6 Å². The number of nitrogens with zero attached hydrogens (tertiary/aromatic N) is 2. The van der Waals surface area contributed by atoms with Crippen molar-refractivity contribution in [2.45, 2.75) is 26.2 Å². The molecule has 0 aliphatic carbocycles. The molecule has 0 bridgehead atoms. The Morgan fingerprint density at radius 1 is 1.52 bits per heavy atom. The number of hydrogen-bond acceptors (Lipinski definition) is 5. The standard InChI is InChI=1S/C15H17ClN2O2S/c1-10-6-18(7-12-9-21-15(17-12)8-19-2)13-5-11(16)3-4-14(13)20-10/h3-5,9-10H,6-8H2,1-2H3/t10-/m0/s1. The van der Waals surface area contributed by atoms with Gasteiger partial charge in [0.15, 0.2) is 0 Å². The second-order valence-corrected chi connectivity index (χ2v) is 6.47. The highest BCUT2D eigenvalue weighted by molar-refractivity contribution is 7.09. The molecule has 4 nitrogen and oxygen atoms in total. The third-order valence-corrected chi connectivity index (χ3v) is 4.39. The molecule has 2 heterocycles. The van der Waals surface area contributed by atoms with Gasteiger partial charge in [-0.05, 0) is 25.1 Å². The van der Waals surface area contributed by atoms with Crippen molar-refractivity contribution in [3.8, 4) is 5.75 Å². The quantitative estimate of drug-likeness (QED) is 0.858. The van der Waals surface area contributed by atoms with Gasteiger partial charge in [0, 0.05) is 17.5 Å². The molecule has 0 spiro atoms. The number of aromatic nitrogens is 1. The molecule has 0 amide bonds. The lowest BCUT2D eigenvalue weighted by Crippen LogP contribution is -2.38. The Balaban J connectivity index is 1.83. The van der Waals surface area contributed by atoms with Crippen molar-refractivity contribution in [2.24, 2.45) is 0 Å². The minimum atomic E-state index is 0.149. The summed E-state index contributed by atoms with van der Waals surface area (Å²) >= 11 is 7.74. The summed E-state index contributed by atoms with van der Waals surface area (Å²) in [6.07, 6.45) is 0.149. The number of anilines is 1. The summed E-state index contributed by atoms with van der Waals surface area (Å²) in [5.74, 6) is 0.880. The third-order valence-electron chi connectivity index (χ3n) is 3.29. The molecule has 3 rings (SSSR count). The predicted molar refractivity (Wildman–Crippen MR) is 85.4 cm³/mol. The molecule has 0 unspecified atom stereocenters. The smallest absolute Gasteiger partial charge is 0.143 e. The van der Waals surface area contributed by atoms with Gasteiger partial charge in [0.05, 0.1) is 31.1 Å². The number of halogens is 1. The van der Waals surface area contributed by atoms with Crippen molar-refractivity contribution in [2.75, 3.05) is 18.6 Å². The molecule has 6 heteroatoms. The van der Waals surface area contributed by atoms with Crippen LogP contribution in [-0.4, -0.2) is 24.7 Å². The largest absolute Gasteiger partial charge is 0.487 e. The van der Waals surface area contributed by atoms with E-state index in [1.165, 1.54) is 0 Å². The van der Waals surface area contributed by atoms with E-state index in [-0.39, 0.29) is 6.10 Å². The summed E-state index contributed by atoms with van der Waals surface area (Å²) < 4.78 is 11.0. The van der Waals surface area contributed by atoms with Gasteiger partial charge in [0.2, 0.25) is 0 Å². The van der Waals surface area contributed by atoms with Gasteiger partial charge in [-0.2, -0.15) is 0 Å². The molecule has 2 aromatic rings. The van der Waals surface area contributed by atoms with Crippen LogP contribution in [0.2, 0.25) is 5.02 Å². The molecular formula is C15H17ClN2O2S. The van der Waals surface area contributed by atoms with E-state index in [4.69, 9.17) is 21.1 Å². The van der Waals surface area contributed by atoms with Crippen molar-refractivity contribution < 1.29 is 9.47 Å². The normalized spacial score (nSPS) is 17.5. The highest BCUT2D eigenvalue weighted by atomic mass is 35.5. The lowest BCUT2D eigenvalue weighted by atomic mass is 10.2. The van der Waals surface area contributed by atoms with E-state index >= 15 is 0 Å². The van der Waals surface area contributed by atoms with E-state index in [2.05, 4.69) is 22.2 Å². The van der Waals surface area contributed by atoms with Gasteiger partial charge in [-0.3, -0.25) is 0 Å². The minimum absolute atomic E-state index is 0.149. The highest BCUT2D eigenvalue weighted by Gasteiger charge is 2.23. The zero-order valence-corrected chi connectivity index (χ0v) is 13.6. The summed E-state index contributed by atoms with van der Waals surface area (Å²) in [6.45, 7) is 4.21. The molecule has 0 fully saturated rings. The van der Waals surface area contributed by atoms with Gasteiger partial charge < -0.3 is 14.4 Å². The van der Waals surface area contributed by atoms with E-state index in [1.807, 2.05) is 18.2 Å². The number of fused-ring (bicyclic) bond motifs is 1. The molecule has 1 atom stereocenters. The monoisotopic (exact) mass is 324 g/mol. The van der Waals surface area contributed by atoms with Crippen molar-refractivity contribution >= 4 is 28.6 Å². The fourth-order valence-electron chi connectivity index (χ4n) is 2.46. The van der Waals surface area contributed by atoms with E-state index in [0.717, 1.165) is 40.3 Å². The number of ether oxygens (including phenoxy) is 2. The molecule has 21 heavy (non-hydrogen) atoms. The third kappa shape index (κ3) is 3.31. The second-order valence-electron chi connectivity index (χ2n) is 5.09. The molecule has 0 radical (unpaired) electrons. The first-order valence-corrected chi connectivity index (χ1v) is 8.05. The number of methoxy groups -OCH3 is 1. The first kappa shape index (κ1) is 14.6. The Kier molecular flexibility index (Phi) is 4.33. The molecule has 1 aromatic carbocycles. The van der Waals surface area contributed by atoms with E-state index < -0.39 is 0 Å². The van der Waals surface area contributed by atoms with Crippen molar-refractivity contribution in [1.29, 1.82) is 0 Å². The average Bonchev–Trinajstić information content (AvgIpc) is 2.87. The number of rotatable bonds is 4. The molecule has 0 saturated heterocycles. The zero-order valence-electron chi connectivity index (χ0n) is 12.0. The molecule has 1 aliphatic rings. The van der Waals surface area contributed by atoms with Crippen molar-refractivity contribution in [3.05, 3.63) is 39.3 Å². The summed E-state index contributed by atoms with van der Waals surface area (Å²) in [6, 6.07) is 5.74. The van der Waals surface area contributed by atoms with Crippen LogP contribution in [0.25, 0.3) is 0 Å². The Hall–Kier alpha value is -1.30. The number of thiazole rings is 1. The van der Waals surface area contributed by atoms with Crippen LogP contribution < -0.4 is 9.64 Å². The van der Waals surface area contributed by atoms with Gasteiger partial charge in [-0.15, -0.1) is 11.3 Å². The summed E-state index contributed by atoms with van der Waals surface area (Å²) in [5, 5.41) is 3.80. The van der Waals surface area contributed by atoms with Crippen LogP contribution in [0.1, 0.15) is 17.6 Å². The van der Waals surface area contributed by atoms with Crippen molar-refractivity contribution in [3.63, 3.8) is 0 Å². The Bertz CT molecular complexity index is 632. The lowest BCUT2D eigenvalue weighted by molar-refractivity contribution is 0.184. The summed E-state index contributed by atoms with van der Waals surface area (Å²) in [7, 11) is 1.68. The summed E-state index contributed by atoms with van der Waals surface area (Å²) in [4.78, 5) is 6.86. The van der Waals surface area contributed by atoms with Crippen molar-refractivity contribution in [1.82, 2.24) is 4.98 Å². The van der Waals surface area contributed by atoms with Gasteiger partial charge in [0.1, 0.15) is 16.9 Å². The fourth-order valence-corrected chi connectivity index (χ4v) is 3.38. The average molecular weight is 325 g/mol. The van der Waals surface area contributed by atoms with Gasteiger partial charge in [-0.25, -0.2) is 4.98 Å². The molecule has 0 saturated carbocycles. The van der Waals surface area contributed by atoms with Crippen LogP contribution in [0.4, 0.5) is 5.69 Å². The lowest BCUT2D eigenvalue weighted by Gasteiger charge is -2.34. The van der Waals surface area contributed by atoms with E-state index in [9.17, 15) is 0 Å².